The summed E-state index contributed by atoms with van der Waals surface area (Å²) in [5.74, 6) is -2.40. The van der Waals surface area contributed by atoms with Gasteiger partial charge in [0.1, 0.15) is 21.9 Å². The van der Waals surface area contributed by atoms with Gasteiger partial charge in [-0.2, -0.15) is 5.10 Å². The van der Waals surface area contributed by atoms with Crippen molar-refractivity contribution in [1.29, 1.82) is 0 Å². The van der Waals surface area contributed by atoms with Crippen LogP contribution in [0.1, 0.15) is 10.5 Å². The van der Waals surface area contributed by atoms with E-state index in [1.165, 1.54) is 6.20 Å². The van der Waals surface area contributed by atoms with Gasteiger partial charge in [-0.25, -0.2) is 18.4 Å². The molecule has 2 N–H and O–H groups in total. The van der Waals surface area contributed by atoms with Crippen molar-refractivity contribution < 1.29 is 13.6 Å². The van der Waals surface area contributed by atoms with Crippen molar-refractivity contribution in [2.75, 3.05) is 0 Å². The zero-order valence-electron chi connectivity index (χ0n) is 12.1. The van der Waals surface area contributed by atoms with Crippen molar-refractivity contribution in [3.05, 3.63) is 61.9 Å². The Bertz CT molecular complexity index is 986. The molecule has 10 heteroatoms. The molecular weight excluding hydrogens is 485 g/mol. The molecule has 3 aromatic rings. The molecule has 0 aliphatic carbocycles. The Labute approximate surface area is 162 Å². The quantitative estimate of drug-likeness (QED) is 0.586. The van der Waals surface area contributed by atoms with Crippen LogP contribution < -0.4 is 5.73 Å². The number of benzene rings is 1. The van der Waals surface area contributed by atoms with Gasteiger partial charge >= 0.3 is 0 Å². The van der Waals surface area contributed by atoms with E-state index < -0.39 is 17.5 Å². The highest BCUT2D eigenvalue weighted by molar-refractivity contribution is 9.11. The third kappa shape index (κ3) is 3.19. The maximum atomic E-state index is 14.4. The molecule has 0 saturated heterocycles. The molecule has 128 valence electrons. The van der Waals surface area contributed by atoms with Crippen molar-refractivity contribution in [1.82, 2.24) is 14.8 Å². The van der Waals surface area contributed by atoms with Crippen LogP contribution in [0, 0.1) is 11.6 Å². The monoisotopic (exact) mass is 490 g/mol. The van der Waals surface area contributed by atoms with Crippen LogP contribution in [-0.4, -0.2) is 20.7 Å². The van der Waals surface area contributed by atoms with E-state index >= 15 is 0 Å². The van der Waals surface area contributed by atoms with Crippen LogP contribution >= 0.6 is 43.5 Å². The predicted molar refractivity (Wildman–Crippen MR) is 95.6 cm³/mol. The van der Waals surface area contributed by atoms with E-state index in [2.05, 4.69) is 41.9 Å². The molecule has 2 aromatic heterocycles. The number of pyridine rings is 1. The van der Waals surface area contributed by atoms with Crippen molar-refractivity contribution in [2.45, 2.75) is 0 Å². The van der Waals surface area contributed by atoms with Gasteiger partial charge in [-0.05, 0) is 50.1 Å². The minimum Gasteiger partial charge on any atom is -0.364 e. The zero-order valence-corrected chi connectivity index (χ0v) is 16.0. The Hall–Kier alpha value is -1.84. The van der Waals surface area contributed by atoms with Gasteiger partial charge in [-0.15, -0.1) is 0 Å². The summed E-state index contributed by atoms with van der Waals surface area (Å²) < 4.78 is 29.1. The van der Waals surface area contributed by atoms with Gasteiger partial charge in [0.2, 0.25) is 0 Å². The number of nitrogens with two attached hydrogens (primary N) is 1. The Morgan fingerprint density at radius 1 is 1.24 bits per heavy atom. The van der Waals surface area contributed by atoms with Crippen LogP contribution in [0.25, 0.3) is 16.9 Å². The first-order valence-corrected chi connectivity index (χ1v) is 8.61. The maximum Gasteiger partial charge on any atom is 0.268 e. The Balaban J connectivity index is 2.38. The smallest absolute Gasteiger partial charge is 0.268 e. The lowest BCUT2D eigenvalue weighted by atomic mass is 10.1. The van der Waals surface area contributed by atoms with Crippen LogP contribution in [0.4, 0.5) is 8.78 Å². The molecule has 0 fully saturated rings. The van der Waals surface area contributed by atoms with E-state index in [0.717, 1.165) is 10.7 Å². The molecule has 0 atom stereocenters. The lowest BCUT2D eigenvalue weighted by Crippen LogP contribution is -2.18. The van der Waals surface area contributed by atoms with Crippen molar-refractivity contribution in [3.8, 4) is 16.9 Å². The lowest BCUT2D eigenvalue weighted by molar-refractivity contribution is 0.0993. The summed E-state index contributed by atoms with van der Waals surface area (Å²) in [4.78, 5) is 16.1. The molecule has 3 rings (SSSR count). The van der Waals surface area contributed by atoms with E-state index in [9.17, 15) is 13.6 Å². The topological polar surface area (TPSA) is 73.8 Å². The molecule has 25 heavy (non-hydrogen) atoms. The number of carbonyl (C=O) groups excluding carboxylic acids is 1. The minimum absolute atomic E-state index is 0.0543. The molecular formula is C15H7Br2ClF2N4O. The van der Waals surface area contributed by atoms with E-state index in [-0.39, 0.29) is 36.7 Å². The third-order valence-electron chi connectivity index (χ3n) is 3.27. The minimum atomic E-state index is -0.887. The number of primary amides is 1. The highest BCUT2D eigenvalue weighted by Gasteiger charge is 2.28. The molecule has 1 amide bonds. The van der Waals surface area contributed by atoms with Crippen molar-refractivity contribution >= 4 is 49.4 Å². The zero-order chi connectivity index (χ0) is 18.3. The number of hydrogen-bond donors (Lipinski definition) is 1. The van der Waals surface area contributed by atoms with E-state index in [1.54, 1.807) is 12.1 Å². The number of halogens is 5. The first-order valence-electron chi connectivity index (χ1n) is 6.65. The van der Waals surface area contributed by atoms with Gasteiger partial charge in [0, 0.05) is 22.3 Å². The van der Waals surface area contributed by atoms with Gasteiger partial charge < -0.3 is 5.73 Å². The lowest BCUT2D eigenvalue weighted by Gasteiger charge is -2.09. The van der Waals surface area contributed by atoms with Gasteiger partial charge in [0.25, 0.3) is 5.91 Å². The molecule has 0 unspecified atom stereocenters. The molecule has 0 bridgehead atoms. The second kappa shape index (κ2) is 6.81. The molecule has 0 spiro atoms. The van der Waals surface area contributed by atoms with Crippen LogP contribution in [0.5, 0.6) is 0 Å². The van der Waals surface area contributed by atoms with Crippen LogP contribution in [0.2, 0.25) is 5.02 Å². The van der Waals surface area contributed by atoms with Gasteiger partial charge in [0.05, 0.1) is 10.6 Å². The van der Waals surface area contributed by atoms with Crippen LogP contribution in [0.15, 0.2) is 39.5 Å². The molecule has 0 radical (unpaired) electrons. The maximum absolute atomic E-state index is 14.4. The summed E-state index contributed by atoms with van der Waals surface area (Å²) in [6.45, 7) is 0. The Morgan fingerprint density at radius 3 is 2.56 bits per heavy atom. The van der Waals surface area contributed by atoms with E-state index in [0.29, 0.717) is 6.07 Å². The van der Waals surface area contributed by atoms with Crippen molar-refractivity contribution in [3.63, 3.8) is 0 Å². The van der Waals surface area contributed by atoms with Crippen molar-refractivity contribution in [2.24, 2.45) is 5.73 Å². The Kier molecular flexibility index (Phi) is 4.90. The molecule has 0 aliphatic rings. The normalized spacial score (nSPS) is 10.9. The fourth-order valence-corrected chi connectivity index (χ4v) is 3.66. The van der Waals surface area contributed by atoms with Crippen LogP contribution in [-0.2, 0) is 0 Å². The predicted octanol–water partition coefficient (Wildman–Crippen LogP) is 4.49. The summed E-state index contributed by atoms with van der Waals surface area (Å²) in [7, 11) is 0. The highest BCUT2D eigenvalue weighted by atomic mass is 79.9. The van der Waals surface area contributed by atoms with E-state index in [4.69, 9.17) is 17.3 Å². The highest BCUT2D eigenvalue weighted by Crippen LogP contribution is 2.39. The fraction of sp³-hybridized carbons (Fsp3) is 0. The van der Waals surface area contributed by atoms with Gasteiger partial charge in [-0.3, -0.25) is 4.79 Å². The SMILES string of the molecule is NC(=O)c1c(-c2c(F)cc(F)cc2Br)c(Br)nn1-c1ncccc1Cl. The van der Waals surface area contributed by atoms with Crippen LogP contribution in [0.3, 0.4) is 0 Å². The number of carbonyl (C=O) groups is 1. The average Bonchev–Trinajstić information content (AvgIpc) is 2.84. The number of hydrogen-bond acceptors (Lipinski definition) is 3. The first-order chi connectivity index (χ1) is 11.8. The Morgan fingerprint density at radius 2 is 1.96 bits per heavy atom. The molecule has 0 aliphatic heterocycles. The molecule has 1 aromatic carbocycles. The number of amides is 1. The summed E-state index contributed by atoms with van der Waals surface area (Å²) >= 11 is 12.4. The molecule has 5 nitrogen and oxygen atoms in total. The number of rotatable bonds is 3. The summed E-state index contributed by atoms with van der Waals surface area (Å²) in [5.41, 5.74) is 5.31. The number of nitrogens with zero attached hydrogens (tertiary/aromatic N) is 3. The largest absolute Gasteiger partial charge is 0.364 e. The molecule has 2 heterocycles. The second-order valence-electron chi connectivity index (χ2n) is 4.84. The van der Waals surface area contributed by atoms with Gasteiger partial charge in [-0.1, -0.05) is 11.6 Å². The molecule has 0 saturated carbocycles. The van der Waals surface area contributed by atoms with Gasteiger partial charge in [0.15, 0.2) is 5.82 Å². The first kappa shape index (κ1) is 18.0. The fourth-order valence-electron chi connectivity index (χ4n) is 2.31. The summed E-state index contributed by atoms with van der Waals surface area (Å²) in [6.07, 6.45) is 1.45. The second-order valence-corrected chi connectivity index (χ2v) is 6.86. The van der Waals surface area contributed by atoms with E-state index in [1.807, 2.05) is 0 Å². The summed E-state index contributed by atoms with van der Waals surface area (Å²) in [5, 5.41) is 4.36. The average molecular weight is 493 g/mol. The standard InChI is InChI=1S/C15H7Br2ClF2N4O/c16-7-4-6(19)5-9(20)10(7)11-12(14(21)25)24(23-13(11)17)15-8(18)2-1-3-22-15/h1-5H,(H2,21,25). The third-order valence-corrected chi connectivity index (χ3v) is 4.75. The summed E-state index contributed by atoms with van der Waals surface area (Å²) in [6, 6.07) is 4.92. The number of aromatic nitrogens is 3.